The van der Waals surface area contributed by atoms with Gasteiger partial charge in [-0.3, -0.25) is 0 Å². The van der Waals surface area contributed by atoms with Crippen LogP contribution in [0.5, 0.6) is 0 Å². The largest absolute Gasteiger partial charge is 0.238 e. The van der Waals surface area contributed by atoms with Gasteiger partial charge >= 0.3 is 0 Å². The van der Waals surface area contributed by atoms with Crippen LogP contribution in [0.4, 0.5) is 0 Å². The first kappa shape index (κ1) is 8.29. The zero-order valence-electron chi connectivity index (χ0n) is 5.69. The van der Waals surface area contributed by atoms with Crippen molar-refractivity contribution in [2.45, 2.75) is 4.90 Å². The van der Waals surface area contributed by atoms with Crippen LogP contribution in [0.25, 0.3) is 0 Å². The highest BCUT2D eigenvalue weighted by molar-refractivity contribution is 7.89. The lowest BCUT2D eigenvalue weighted by molar-refractivity contribution is 0.598. The Kier molecular flexibility index (Phi) is 2.02. The van der Waals surface area contributed by atoms with Gasteiger partial charge in [0.15, 0.2) is 0 Å². The van der Waals surface area contributed by atoms with Crippen LogP contribution in [-0.4, -0.2) is 16.3 Å². The molecule has 1 aromatic carbocycles. The molecule has 0 aliphatic rings. The topological polar surface area (TPSA) is 60.2 Å². The number of sulfonamides is 1. The molecule has 0 saturated heterocycles. The minimum absolute atomic E-state index is 0.0394. The van der Waals surface area contributed by atoms with Crippen molar-refractivity contribution in [1.82, 2.24) is 0 Å². The van der Waals surface area contributed by atoms with Crippen LogP contribution in [0.2, 0.25) is 0 Å². The second-order valence-electron chi connectivity index (χ2n) is 2.12. The van der Waals surface area contributed by atoms with Crippen molar-refractivity contribution in [3.8, 4) is 0 Å². The maximum absolute atomic E-state index is 10.7. The second-order valence-corrected chi connectivity index (χ2v) is 3.68. The minimum atomic E-state index is -3.61. The van der Waals surface area contributed by atoms with Gasteiger partial charge in [-0.15, -0.1) is 0 Å². The summed E-state index contributed by atoms with van der Waals surface area (Å²) < 4.78 is 21.4. The van der Waals surface area contributed by atoms with Gasteiger partial charge in [0, 0.05) is 0 Å². The molecule has 11 heavy (non-hydrogen) atoms. The van der Waals surface area contributed by atoms with E-state index in [4.69, 9.17) is 13.0 Å². The van der Waals surface area contributed by atoms with Crippen molar-refractivity contribution in [3.05, 3.63) is 24.3 Å². The molecule has 0 atom stereocenters. The van der Waals surface area contributed by atoms with E-state index >= 15 is 0 Å². The fraction of sp³-hybridized carbons (Fsp3) is 0. The van der Waals surface area contributed by atoms with Gasteiger partial charge in [0.2, 0.25) is 10.0 Å². The molecule has 0 aromatic heterocycles. The summed E-state index contributed by atoms with van der Waals surface area (Å²) >= 11 is 0. The Morgan fingerprint density at radius 3 is 2.36 bits per heavy atom. The molecular formula is C6H6BNO2S. The van der Waals surface area contributed by atoms with E-state index in [9.17, 15) is 8.42 Å². The van der Waals surface area contributed by atoms with Gasteiger partial charge in [-0.05, 0) is 12.1 Å². The Morgan fingerprint density at radius 1 is 1.36 bits per heavy atom. The highest BCUT2D eigenvalue weighted by atomic mass is 32.2. The fourth-order valence-electron chi connectivity index (χ4n) is 0.692. The molecule has 0 heterocycles. The minimum Gasteiger partial charge on any atom is -0.225 e. The van der Waals surface area contributed by atoms with Crippen LogP contribution < -0.4 is 10.6 Å². The van der Waals surface area contributed by atoms with Crippen molar-refractivity contribution < 1.29 is 8.42 Å². The van der Waals surface area contributed by atoms with Crippen molar-refractivity contribution >= 4 is 23.3 Å². The summed E-state index contributed by atoms with van der Waals surface area (Å²) in [5.74, 6) is 0. The Morgan fingerprint density at radius 2 is 2.00 bits per heavy atom. The first-order valence-electron chi connectivity index (χ1n) is 2.88. The number of benzene rings is 1. The van der Waals surface area contributed by atoms with Gasteiger partial charge in [-0.1, -0.05) is 17.6 Å². The number of primary sulfonamides is 1. The van der Waals surface area contributed by atoms with Gasteiger partial charge in [0.25, 0.3) is 0 Å². The summed E-state index contributed by atoms with van der Waals surface area (Å²) in [5, 5.41) is 4.84. The standard InChI is InChI=1S/C6H6BNO2S/c7-5-2-1-3-6(4-5)11(8,9)10/h1-4H,(H2,8,9,10). The van der Waals surface area contributed by atoms with Gasteiger partial charge < -0.3 is 0 Å². The molecular weight excluding hydrogens is 161 g/mol. The lowest BCUT2D eigenvalue weighted by atomic mass is 9.97. The molecule has 0 bridgehead atoms. The second kappa shape index (κ2) is 2.67. The Hall–Kier alpha value is -0.805. The fourth-order valence-corrected chi connectivity index (χ4v) is 1.26. The van der Waals surface area contributed by atoms with E-state index in [0.717, 1.165) is 0 Å². The molecule has 0 aliphatic carbocycles. The molecule has 0 unspecified atom stereocenters. The molecule has 0 spiro atoms. The Labute approximate surface area is 66.7 Å². The van der Waals surface area contributed by atoms with Gasteiger partial charge in [-0.2, -0.15) is 0 Å². The molecule has 0 aliphatic heterocycles. The smallest absolute Gasteiger partial charge is 0.225 e. The summed E-state index contributed by atoms with van der Waals surface area (Å²) in [6.45, 7) is 0. The van der Waals surface area contributed by atoms with Crippen molar-refractivity contribution in [1.29, 1.82) is 0 Å². The molecule has 56 valence electrons. The van der Waals surface area contributed by atoms with Crippen LogP contribution in [0.15, 0.2) is 29.2 Å². The molecule has 1 aromatic rings. The summed E-state index contributed by atoms with van der Waals surface area (Å²) in [6.07, 6.45) is 0. The summed E-state index contributed by atoms with van der Waals surface area (Å²) in [7, 11) is 1.73. The predicted molar refractivity (Wildman–Crippen MR) is 43.2 cm³/mol. The van der Waals surface area contributed by atoms with Crippen LogP contribution >= 0.6 is 0 Å². The van der Waals surface area contributed by atoms with E-state index in [2.05, 4.69) is 0 Å². The molecule has 0 amide bonds. The first-order valence-corrected chi connectivity index (χ1v) is 4.43. The monoisotopic (exact) mass is 167 g/mol. The molecule has 2 N–H and O–H groups in total. The van der Waals surface area contributed by atoms with Crippen molar-refractivity contribution in [2.75, 3.05) is 0 Å². The van der Waals surface area contributed by atoms with E-state index in [1.165, 1.54) is 18.2 Å². The average molecular weight is 167 g/mol. The third-order valence-electron chi connectivity index (χ3n) is 1.19. The SMILES string of the molecule is [B]c1cccc(S(N)(=O)=O)c1. The normalized spacial score (nSPS) is 11.4. The predicted octanol–water partition coefficient (Wildman–Crippen LogP) is -0.872. The zero-order valence-corrected chi connectivity index (χ0v) is 6.51. The maximum atomic E-state index is 10.7. The van der Waals surface area contributed by atoms with E-state index in [-0.39, 0.29) is 4.90 Å². The molecule has 1 rings (SSSR count). The highest BCUT2D eigenvalue weighted by Crippen LogP contribution is 2.01. The maximum Gasteiger partial charge on any atom is 0.238 e. The molecule has 3 nitrogen and oxygen atoms in total. The third-order valence-corrected chi connectivity index (χ3v) is 2.10. The van der Waals surface area contributed by atoms with Crippen LogP contribution in [-0.2, 0) is 10.0 Å². The van der Waals surface area contributed by atoms with Crippen LogP contribution in [0.3, 0.4) is 0 Å². The van der Waals surface area contributed by atoms with Gasteiger partial charge in [0.05, 0.1) is 4.90 Å². The van der Waals surface area contributed by atoms with Crippen LogP contribution in [0, 0.1) is 0 Å². The number of nitrogens with two attached hydrogens (primary N) is 1. The summed E-state index contributed by atoms with van der Waals surface area (Å²) in [4.78, 5) is 0.0394. The number of rotatable bonds is 1. The quantitative estimate of drug-likeness (QED) is 0.552. The molecule has 2 radical (unpaired) electrons. The highest BCUT2D eigenvalue weighted by Gasteiger charge is 2.05. The van der Waals surface area contributed by atoms with Crippen LogP contribution in [0.1, 0.15) is 0 Å². The molecule has 0 fully saturated rings. The Balaban J connectivity index is 3.28. The average Bonchev–Trinajstić information content (AvgIpc) is 1.86. The van der Waals surface area contributed by atoms with Gasteiger partial charge in [-0.25, -0.2) is 13.6 Å². The summed E-state index contributed by atoms with van der Waals surface area (Å²) in [6, 6.07) is 5.84. The van der Waals surface area contributed by atoms with Crippen molar-refractivity contribution in [2.24, 2.45) is 5.14 Å². The van der Waals surface area contributed by atoms with Gasteiger partial charge in [0.1, 0.15) is 7.85 Å². The van der Waals surface area contributed by atoms with E-state index in [0.29, 0.717) is 5.46 Å². The van der Waals surface area contributed by atoms with E-state index in [1.54, 1.807) is 6.07 Å². The molecule has 0 saturated carbocycles. The third kappa shape index (κ3) is 2.06. The lowest BCUT2D eigenvalue weighted by Crippen LogP contribution is -2.14. The molecule has 5 heteroatoms. The first-order chi connectivity index (χ1) is 5.00. The lowest BCUT2D eigenvalue weighted by Gasteiger charge is -1.97. The number of hydrogen-bond acceptors (Lipinski definition) is 2. The van der Waals surface area contributed by atoms with E-state index < -0.39 is 10.0 Å². The Bertz CT molecular complexity index is 361. The van der Waals surface area contributed by atoms with Crippen molar-refractivity contribution in [3.63, 3.8) is 0 Å². The zero-order chi connectivity index (χ0) is 8.48. The summed E-state index contributed by atoms with van der Waals surface area (Å²) in [5.41, 5.74) is 0.386. The number of hydrogen-bond donors (Lipinski definition) is 1. The van der Waals surface area contributed by atoms with E-state index in [1.807, 2.05) is 0 Å².